The molecule has 0 bridgehead atoms. The van der Waals surface area contributed by atoms with E-state index < -0.39 is 11.6 Å². The van der Waals surface area contributed by atoms with Gasteiger partial charge >= 0.3 is 0 Å². The number of nitrogens with one attached hydrogen (secondary N) is 1. The highest BCUT2D eigenvalue weighted by Crippen LogP contribution is 2.21. The third-order valence-corrected chi connectivity index (χ3v) is 5.41. The lowest BCUT2D eigenvalue weighted by Gasteiger charge is -2.26. The van der Waals surface area contributed by atoms with E-state index in [1.165, 1.54) is 44.5 Å². The Bertz CT molecular complexity index is 620. The van der Waals surface area contributed by atoms with E-state index in [1.807, 2.05) is 6.92 Å². The Morgan fingerprint density at radius 1 is 1.23 bits per heavy atom. The van der Waals surface area contributed by atoms with Crippen molar-refractivity contribution < 1.29 is 8.78 Å². The monoisotopic (exact) mass is 478 g/mol. The number of benzene rings is 1. The topological polar surface area (TPSA) is 30.9 Å². The molecule has 1 aromatic carbocycles. The molecule has 2 aliphatic rings. The van der Waals surface area contributed by atoms with Crippen molar-refractivity contribution in [2.24, 2.45) is 4.99 Å². The summed E-state index contributed by atoms with van der Waals surface area (Å²) in [6.45, 7) is 7.11. The van der Waals surface area contributed by atoms with Gasteiger partial charge in [0.1, 0.15) is 0 Å². The molecule has 2 atom stereocenters. The fourth-order valence-corrected chi connectivity index (χ4v) is 3.85. The molecule has 7 heteroatoms. The standard InChI is InChI=1S/C19H28F2N4.HI/c1-14(15-5-6-17(20)18(21)11-15)12-23-19(22-2)25-10-7-16(13-25)24-8-3-4-9-24;/h5-6,11,14,16H,3-4,7-10,12-13H2,1-2H3,(H,22,23);1H. The van der Waals surface area contributed by atoms with Crippen LogP contribution in [0, 0.1) is 11.6 Å². The van der Waals surface area contributed by atoms with Crippen LogP contribution in [0.5, 0.6) is 0 Å². The normalized spacial score (nSPS) is 22.4. The summed E-state index contributed by atoms with van der Waals surface area (Å²) in [5.74, 6) is -0.619. The lowest BCUT2D eigenvalue weighted by Crippen LogP contribution is -2.43. The molecule has 2 heterocycles. The summed E-state index contributed by atoms with van der Waals surface area (Å²) in [7, 11) is 1.80. The summed E-state index contributed by atoms with van der Waals surface area (Å²) >= 11 is 0. The number of nitrogens with zero attached hydrogens (tertiary/aromatic N) is 3. The van der Waals surface area contributed by atoms with Gasteiger partial charge in [0, 0.05) is 32.7 Å². The van der Waals surface area contributed by atoms with Crippen LogP contribution >= 0.6 is 24.0 Å². The first kappa shape index (κ1) is 21.3. The van der Waals surface area contributed by atoms with Gasteiger partial charge in [0.15, 0.2) is 17.6 Å². The van der Waals surface area contributed by atoms with Crippen LogP contribution in [0.2, 0.25) is 0 Å². The van der Waals surface area contributed by atoms with Crippen LogP contribution in [-0.4, -0.2) is 61.6 Å². The predicted octanol–water partition coefficient (Wildman–Crippen LogP) is 3.43. The van der Waals surface area contributed by atoms with Crippen LogP contribution in [0.15, 0.2) is 23.2 Å². The molecular weight excluding hydrogens is 449 g/mol. The number of likely N-dealkylation sites (tertiary alicyclic amines) is 2. The van der Waals surface area contributed by atoms with E-state index in [2.05, 4.69) is 20.1 Å². The summed E-state index contributed by atoms with van der Waals surface area (Å²) in [5, 5.41) is 3.40. The second-order valence-electron chi connectivity index (χ2n) is 7.13. The Hall–Kier alpha value is -0.960. The minimum Gasteiger partial charge on any atom is -0.356 e. The van der Waals surface area contributed by atoms with E-state index in [4.69, 9.17) is 0 Å². The van der Waals surface area contributed by atoms with E-state index >= 15 is 0 Å². The summed E-state index contributed by atoms with van der Waals surface area (Å²) < 4.78 is 26.5. The molecular formula is C19H29F2IN4. The SMILES string of the molecule is CN=C(NCC(C)c1ccc(F)c(F)c1)N1CCC(N2CCCC2)C1.I. The molecule has 1 N–H and O–H groups in total. The molecule has 1 aromatic rings. The van der Waals surface area contributed by atoms with Gasteiger partial charge in [-0.25, -0.2) is 8.78 Å². The molecule has 146 valence electrons. The maximum atomic E-state index is 13.4. The molecule has 0 radical (unpaired) electrons. The molecule has 2 fully saturated rings. The third kappa shape index (κ3) is 5.06. The first-order valence-electron chi connectivity index (χ1n) is 9.23. The van der Waals surface area contributed by atoms with Gasteiger partial charge in [-0.2, -0.15) is 0 Å². The Morgan fingerprint density at radius 2 is 1.96 bits per heavy atom. The van der Waals surface area contributed by atoms with Crippen LogP contribution in [0.3, 0.4) is 0 Å². The van der Waals surface area contributed by atoms with E-state index in [1.54, 1.807) is 13.1 Å². The van der Waals surface area contributed by atoms with Crippen molar-refractivity contribution in [3.05, 3.63) is 35.4 Å². The van der Waals surface area contributed by atoms with Crippen molar-refractivity contribution in [3.8, 4) is 0 Å². The van der Waals surface area contributed by atoms with Crippen molar-refractivity contribution in [3.63, 3.8) is 0 Å². The van der Waals surface area contributed by atoms with Crippen LogP contribution < -0.4 is 5.32 Å². The van der Waals surface area contributed by atoms with Gasteiger partial charge in [-0.15, -0.1) is 24.0 Å². The summed E-state index contributed by atoms with van der Waals surface area (Å²) in [5.41, 5.74) is 0.790. The van der Waals surface area contributed by atoms with Crippen molar-refractivity contribution in [2.75, 3.05) is 39.8 Å². The minimum absolute atomic E-state index is 0. The largest absolute Gasteiger partial charge is 0.356 e. The van der Waals surface area contributed by atoms with Gasteiger partial charge < -0.3 is 10.2 Å². The van der Waals surface area contributed by atoms with E-state index in [0.717, 1.165) is 24.6 Å². The van der Waals surface area contributed by atoms with Crippen LogP contribution in [0.4, 0.5) is 8.78 Å². The molecule has 4 nitrogen and oxygen atoms in total. The van der Waals surface area contributed by atoms with Crippen molar-refractivity contribution in [1.82, 2.24) is 15.1 Å². The zero-order chi connectivity index (χ0) is 17.8. The average Bonchev–Trinajstić information content (AvgIpc) is 3.29. The highest BCUT2D eigenvalue weighted by Gasteiger charge is 2.30. The van der Waals surface area contributed by atoms with Crippen molar-refractivity contribution >= 4 is 29.9 Å². The molecule has 0 aliphatic carbocycles. The summed E-state index contributed by atoms with van der Waals surface area (Å²) in [6.07, 6.45) is 3.81. The summed E-state index contributed by atoms with van der Waals surface area (Å²) in [6, 6.07) is 4.75. The number of rotatable bonds is 4. The first-order valence-corrected chi connectivity index (χ1v) is 9.23. The number of hydrogen-bond donors (Lipinski definition) is 1. The van der Waals surface area contributed by atoms with Gasteiger partial charge in [0.25, 0.3) is 0 Å². The molecule has 0 saturated carbocycles. The smallest absolute Gasteiger partial charge is 0.193 e. The van der Waals surface area contributed by atoms with Crippen LogP contribution in [0.1, 0.15) is 37.7 Å². The van der Waals surface area contributed by atoms with Crippen molar-refractivity contribution in [2.45, 2.75) is 38.1 Å². The van der Waals surface area contributed by atoms with Crippen molar-refractivity contribution in [1.29, 1.82) is 0 Å². The maximum absolute atomic E-state index is 13.4. The second kappa shape index (κ2) is 9.82. The van der Waals surface area contributed by atoms with Gasteiger partial charge in [0.2, 0.25) is 0 Å². The molecule has 3 rings (SSSR count). The third-order valence-electron chi connectivity index (χ3n) is 5.41. The Kier molecular flexibility index (Phi) is 8.06. The highest BCUT2D eigenvalue weighted by molar-refractivity contribution is 14.0. The fraction of sp³-hybridized carbons (Fsp3) is 0.632. The fourth-order valence-electron chi connectivity index (χ4n) is 3.85. The minimum atomic E-state index is -0.801. The lowest BCUT2D eigenvalue weighted by atomic mass is 10.0. The second-order valence-corrected chi connectivity index (χ2v) is 7.13. The molecule has 0 aromatic heterocycles. The van der Waals surface area contributed by atoms with Crippen LogP contribution in [-0.2, 0) is 0 Å². The lowest BCUT2D eigenvalue weighted by molar-refractivity contribution is 0.249. The predicted molar refractivity (Wildman–Crippen MR) is 112 cm³/mol. The number of aliphatic imine (C=N–C) groups is 1. The maximum Gasteiger partial charge on any atom is 0.193 e. The molecule has 2 aliphatic heterocycles. The first-order chi connectivity index (χ1) is 12.1. The number of guanidine groups is 1. The molecule has 2 saturated heterocycles. The van der Waals surface area contributed by atoms with E-state index in [9.17, 15) is 8.78 Å². The van der Waals surface area contributed by atoms with Gasteiger partial charge in [-0.05, 0) is 56.0 Å². The number of hydrogen-bond acceptors (Lipinski definition) is 2. The van der Waals surface area contributed by atoms with Crippen LogP contribution in [0.25, 0.3) is 0 Å². The molecule has 26 heavy (non-hydrogen) atoms. The molecule has 2 unspecified atom stereocenters. The van der Waals surface area contributed by atoms with Gasteiger partial charge in [-0.3, -0.25) is 9.89 Å². The quantitative estimate of drug-likeness (QED) is 0.409. The Balaban J connectivity index is 0.00000243. The Morgan fingerprint density at radius 3 is 2.62 bits per heavy atom. The molecule has 0 amide bonds. The summed E-state index contributed by atoms with van der Waals surface area (Å²) in [4.78, 5) is 9.31. The average molecular weight is 478 g/mol. The number of halogens is 3. The highest BCUT2D eigenvalue weighted by atomic mass is 127. The Labute approximate surface area is 172 Å². The van der Waals surface area contributed by atoms with E-state index in [-0.39, 0.29) is 29.9 Å². The van der Waals surface area contributed by atoms with Gasteiger partial charge in [0.05, 0.1) is 0 Å². The zero-order valence-electron chi connectivity index (χ0n) is 15.5. The molecule has 0 spiro atoms. The van der Waals surface area contributed by atoms with Gasteiger partial charge in [-0.1, -0.05) is 13.0 Å². The zero-order valence-corrected chi connectivity index (χ0v) is 17.9. The van der Waals surface area contributed by atoms with E-state index in [0.29, 0.717) is 12.6 Å².